The number of carbonyl (C=O) groups is 1. The fourth-order valence-corrected chi connectivity index (χ4v) is 1.71. The normalized spacial score (nSPS) is 9.88. The fraction of sp³-hybridized carbons (Fsp3) is 0.500. The van der Waals surface area contributed by atoms with Gasteiger partial charge in [-0.15, -0.1) is 11.6 Å². The molecule has 0 aliphatic carbocycles. The first-order valence-electron chi connectivity index (χ1n) is 4.62. The van der Waals surface area contributed by atoms with E-state index in [2.05, 4.69) is 21.1 Å². The Bertz CT molecular complexity index is 334. The summed E-state index contributed by atoms with van der Waals surface area (Å²) in [6.45, 7) is 0.546. The molecule has 3 N–H and O–H groups in total. The Balaban J connectivity index is 2.31. The maximum absolute atomic E-state index is 11.3. The van der Waals surface area contributed by atoms with Crippen LogP contribution in [0.25, 0.3) is 0 Å². The van der Waals surface area contributed by atoms with Gasteiger partial charge in [-0.1, -0.05) is 11.3 Å². The molecule has 6 nitrogen and oxygen atoms in total. The summed E-state index contributed by atoms with van der Waals surface area (Å²) in [4.78, 5) is 20.0. The summed E-state index contributed by atoms with van der Waals surface area (Å²) < 4.78 is 0. The Hall–Kier alpha value is -1.05. The first-order chi connectivity index (χ1) is 7.76. The zero-order valence-electron chi connectivity index (χ0n) is 8.75. The van der Waals surface area contributed by atoms with Gasteiger partial charge >= 0.3 is 6.03 Å². The molecule has 0 aliphatic rings. The number of carbonyl (C=O) groups excluding carboxylic acids is 1. The molecule has 0 unspecified atom stereocenters. The minimum atomic E-state index is -0.288. The molecule has 16 heavy (non-hydrogen) atoms. The molecule has 2 amide bonds. The molecular formula is C8H13ClN4O2S. The van der Waals surface area contributed by atoms with Crippen LogP contribution in [0.3, 0.4) is 0 Å². The van der Waals surface area contributed by atoms with E-state index in [-0.39, 0.29) is 6.03 Å². The third-order valence-corrected chi connectivity index (χ3v) is 2.60. The van der Waals surface area contributed by atoms with Crippen molar-refractivity contribution in [1.29, 1.82) is 0 Å². The SMILES string of the molecule is CONc1cnc(NC(=O)NCCCCl)s1. The predicted octanol–water partition coefficient (Wildman–Crippen LogP) is 1.87. The number of aromatic nitrogens is 1. The van der Waals surface area contributed by atoms with Crippen LogP contribution in [-0.4, -0.2) is 30.5 Å². The minimum absolute atomic E-state index is 0.288. The number of nitrogens with one attached hydrogen (secondary N) is 3. The molecule has 0 aliphatic heterocycles. The molecule has 0 radical (unpaired) electrons. The lowest BCUT2D eigenvalue weighted by Gasteiger charge is -2.03. The van der Waals surface area contributed by atoms with Crippen molar-refractivity contribution in [3.05, 3.63) is 6.20 Å². The largest absolute Gasteiger partial charge is 0.338 e. The number of hydrogen-bond acceptors (Lipinski definition) is 5. The number of thiazole rings is 1. The summed E-state index contributed by atoms with van der Waals surface area (Å²) in [6.07, 6.45) is 2.31. The highest BCUT2D eigenvalue weighted by molar-refractivity contribution is 7.19. The van der Waals surface area contributed by atoms with Crippen LogP contribution < -0.4 is 16.1 Å². The molecule has 1 rings (SSSR count). The van der Waals surface area contributed by atoms with Gasteiger partial charge in [0.25, 0.3) is 0 Å². The maximum atomic E-state index is 11.3. The van der Waals surface area contributed by atoms with Gasteiger partial charge in [0, 0.05) is 12.4 Å². The predicted molar refractivity (Wildman–Crippen MR) is 65.1 cm³/mol. The van der Waals surface area contributed by atoms with Crippen LogP contribution in [-0.2, 0) is 4.84 Å². The zero-order valence-corrected chi connectivity index (χ0v) is 10.3. The van der Waals surface area contributed by atoms with Crippen molar-refractivity contribution in [3.63, 3.8) is 0 Å². The summed E-state index contributed by atoms with van der Waals surface area (Å²) in [5.41, 5.74) is 2.62. The molecule has 1 heterocycles. The van der Waals surface area contributed by atoms with Crippen LogP contribution in [0.5, 0.6) is 0 Å². The standard InChI is InChI=1S/C8H13ClN4O2S/c1-15-13-6-5-11-8(16-6)12-7(14)10-4-2-3-9/h5,13H,2-4H2,1H3,(H2,10,11,12,14). The molecule has 0 fully saturated rings. The van der Waals surface area contributed by atoms with E-state index in [1.54, 1.807) is 6.20 Å². The molecule has 1 aromatic rings. The van der Waals surface area contributed by atoms with Crippen LogP contribution in [0.2, 0.25) is 0 Å². The van der Waals surface area contributed by atoms with E-state index in [0.717, 1.165) is 11.4 Å². The Labute approximate surface area is 102 Å². The highest BCUT2D eigenvalue weighted by atomic mass is 35.5. The quantitative estimate of drug-likeness (QED) is 0.417. The van der Waals surface area contributed by atoms with Crippen molar-refractivity contribution in [1.82, 2.24) is 10.3 Å². The van der Waals surface area contributed by atoms with Gasteiger partial charge in [-0.05, 0) is 6.42 Å². The van der Waals surface area contributed by atoms with Crippen molar-refractivity contribution in [2.45, 2.75) is 6.42 Å². The molecule has 0 aromatic carbocycles. The molecule has 1 aromatic heterocycles. The molecule has 0 atom stereocenters. The zero-order chi connectivity index (χ0) is 11.8. The number of alkyl halides is 1. The van der Waals surface area contributed by atoms with Crippen molar-refractivity contribution < 1.29 is 9.63 Å². The van der Waals surface area contributed by atoms with Gasteiger partial charge in [0.05, 0.1) is 13.3 Å². The lowest BCUT2D eigenvalue weighted by Crippen LogP contribution is -2.29. The Morgan fingerprint density at radius 2 is 2.50 bits per heavy atom. The minimum Gasteiger partial charge on any atom is -0.338 e. The van der Waals surface area contributed by atoms with Gasteiger partial charge in [-0.2, -0.15) is 0 Å². The highest BCUT2D eigenvalue weighted by Gasteiger charge is 2.05. The molecule has 8 heteroatoms. The van der Waals surface area contributed by atoms with Crippen molar-refractivity contribution in [3.8, 4) is 0 Å². The van der Waals surface area contributed by atoms with E-state index < -0.39 is 0 Å². The van der Waals surface area contributed by atoms with E-state index in [4.69, 9.17) is 16.4 Å². The van der Waals surface area contributed by atoms with Gasteiger partial charge in [0.15, 0.2) is 5.13 Å². The molecule has 0 saturated carbocycles. The number of halogens is 1. The van der Waals surface area contributed by atoms with Crippen LogP contribution in [0.1, 0.15) is 6.42 Å². The van der Waals surface area contributed by atoms with Crippen molar-refractivity contribution >= 4 is 39.1 Å². The first-order valence-corrected chi connectivity index (χ1v) is 5.97. The van der Waals surface area contributed by atoms with E-state index in [1.807, 2.05) is 0 Å². The molecule has 0 bridgehead atoms. The highest BCUT2D eigenvalue weighted by Crippen LogP contribution is 2.22. The van der Waals surface area contributed by atoms with Crippen molar-refractivity contribution in [2.75, 3.05) is 30.3 Å². The Morgan fingerprint density at radius 3 is 3.19 bits per heavy atom. The summed E-state index contributed by atoms with van der Waals surface area (Å²) in [6, 6.07) is -0.288. The average molecular weight is 265 g/mol. The smallest absolute Gasteiger partial charge is 0.321 e. The molecule has 90 valence electrons. The second kappa shape index (κ2) is 7.26. The number of amides is 2. The summed E-state index contributed by atoms with van der Waals surface area (Å²) in [5, 5.41) is 6.48. The van der Waals surface area contributed by atoms with Crippen LogP contribution in [0.15, 0.2) is 6.20 Å². The summed E-state index contributed by atoms with van der Waals surface area (Å²) >= 11 is 6.76. The third kappa shape index (κ3) is 4.65. The molecule has 0 spiro atoms. The lowest BCUT2D eigenvalue weighted by molar-refractivity contribution is 0.252. The summed E-state index contributed by atoms with van der Waals surface area (Å²) in [5.74, 6) is 0.527. The Kier molecular flexibility index (Phi) is 5.91. The van der Waals surface area contributed by atoms with E-state index in [1.165, 1.54) is 18.4 Å². The van der Waals surface area contributed by atoms with Gasteiger partial charge in [0.2, 0.25) is 0 Å². The van der Waals surface area contributed by atoms with E-state index in [0.29, 0.717) is 17.6 Å². The van der Waals surface area contributed by atoms with Crippen molar-refractivity contribution in [2.24, 2.45) is 0 Å². The number of anilines is 2. The van der Waals surface area contributed by atoms with Gasteiger partial charge < -0.3 is 5.32 Å². The Morgan fingerprint density at radius 1 is 1.69 bits per heavy atom. The molecule has 0 saturated heterocycles. The number of rotatable bonds is 6. The number of nitrogens with zero attached hydrogens (tertiary/aromatic N) is 1. The molecular weight excluding hydrogens is 252 g/mol. The maximum Gasteiger partial charge on any atom is 0.321 e. The van der Waals surface area contributed by atoms with E-state index >= 15 is 0 Å². The van der Waals surface area contributed by atoms with Gasteiger partial charge in [0.1, 0.15) is 5.00 Å². The third-order valence-electron chi connectivity index (χ3n) is 1.52. The fourth-order valence-electron chi connectivity index (χ4n) is 0.890. The van der Waals surface area contributed by atoms with Crippen LogP contribution >= 0.6 is 22.9 Å². The second-order valence-electron chi connectivity index (χ2n) is 2.76. The van der Waals surface area contributed by atoms with Crippen LogP contribution in [0, 0.1) is 0 Å². The first kappa shape index (κ1) is 13.0. The topological polar surface area (TPSA) is 75.3 Å². The second-order valence-corrected chi connectivity index (χ2v) is 4.17. The number of urea groups is 1. The number of hydrogen-bond donors (Lipinski definition) is 3. The summed E-state index contributed by atoms with van der Waals surface area (Å²) in [7, 11) is 1.51. The van der Waals surface area contributed by atoms with E-state index in [9.17, 15) is 4.79 Å². The lowest BCUT2D eigenvalue weighted by atomic mass is 10.5. The average Bonchev–Trinajstić information content (AvgIpc) is 2.66. The van der Waals surface area contributed by atoms with Gasteiger partial charge in [-0.3, -0.25) is 15.6 Å². The van der Waals surface area contributed by atoms with Gasteiger partial charge in [-0.25, -0.2) is 9.78 Å². The van der Waals surface area contributed by atoms with Crippen LogP contribution in [0.4, 0.5) is 14.9 Å². The monoisotopic (exact) mass is 264 g/mol.